The lowest BCUT2D eigenvalue weighted by Gasteiger charge is -2.08. The molecule has 2 N–H and O–H groups in total. The van der Waals surface area contributed by atoms with Crippen molar-refractivity contribution in [2.75, 3.05) is 11.9 Å². The van der Waals surface area contributed by atoms with Crippen LogP contribution in [0, 0.1) is 5.82 Å². The van der Waals surface area contributed by atoms with Crippen LogP contribution in [-0.4, -0.2) is 21.5 Å². The Morgan fingerprint density at radius 1 is 1.13 bits per heavy atom. The van der Waals surface area contributed by atoms with E-state index in [1.54, 1.807) is 42.7 Å². The van der Waals surface area contributed by atoms with Crippen LogP contribution >= 0.6 is 0 Å². The Bertz CT molecular complexity index is 848. The maximum atomic E-state index is 13.6. The molecule has 6 heteroatoms. The second kappa shape index (κ2) is 6.83. The Hall–Kier alpha value is -3.02. The minimum Gasteiger partial charge on any atom is -0.355 e. The molecule has 2 heterocycles. The minimum absolute atomic E-state index is 0.235. The second-order valence-electron chi connectivity index (χ2n) is 4.98. The van der Waals surface area contributed by atoms with E-state index in [1.165, 1.54) is 12.1 Å². The molecule has 2 aromatic heterocycles. The van der Waals surface area contributed by atoms with Crippen molar-refractivity contribution in [1.82, 2.24) is 15.0 Å². The van der Waals surface area contributed by atoms with E-state index < -0.39 is 0 Å². The standard InChI is InChI=1S/C17H15FN4O/c18-14-4-2-1-3-12(14)7-10-20-17-21-15(11-16(23)22-17)13-5-8-19-9-6-13/h1-6,8-9,11H,7,10H2,(H2,20,21,22,23). The van der Waals surface area contributed by atoms with Gasteiger partial charge < -0.3 is 5.32 Å². The molecule has 0 spiro atoms. The lowest BCUT2D eigenvalue weighted by atomic mass is 10.1. The number of pyridine rings is 1. The van der Waals surface area contributed by atoms with Crippen LogP contribution in [0.3, 0.4) is 0 Å². The molecule has 5 nitrogen and oxygen atoms in total. The Morgan fingerprint density at radius 2 is 1.91 bits per heavy atom. The highest BCUT2D eigenvalue weighted by Gasteiger charge is 2.05. The predicted molar refractivity (Wildman–Crippen MR) is 86.7 cm³/mol. The molecule has 0 aliphatic carbocycles. The lowest BCUT2D eigenvalue weighted by Crippen LogP contribution is -2.15. The first-order valence-corrected chi connectivity index (χ1v) is 7.21. The number of anilines is 1. The van der Waals surface area contributed by atoms with Gasteiger partial charge in [0, 0.05) is 30.6 Å². The van der Waals surface area contributed by atoms with Crippen LogP contribution in [0.4, 0.5) is 10.3 Å². The van der Waals surface area contributed by atoms with Crippen LogP contribution < -0.4 is 10.9 Å². The Labute approximate surface area is 132 Å². The summed E-state index contributed by atoms with van der Waals surface area (Å²) in [6, 6.07) is 11.6. The van der Waals surface area contributed by atoms with Crippen molar-refractivity contribution in [2.24, 2.45) is 0 Å². The highest BCUT2D eigenvalue weighted by molar-refractivity contribution is 5.58. The molecule has 0 aliphatic rings. The third-order valence-electron chi connectivity index (χ3n) is 3.36. The molecule has 0 bridgehead atoms. The summed E-state index contributed by atoms with van der Waals surface area (Å²) in [4.78, 5) is 22.7. The van der Waals surface area contributed by atoms with Crippen LogP contribution in [0.1, 0.15) is 5.56 Å². The highest BCUT2D eigenvalue weighted by atomic mass is 19.1. The van der Waals surface area contributed by atoms with Crippen LogP contribution in [0.25, 0.3) is 11.3 Å². The van der Waals surface area contributed by atoms with E-state index in [0.717, 1.165) is 5.56 Å². The molecular formula is C17H15FN4O. The first kappa shape index (κ1) is 14.9. The summed E-state index contributed by atoms with van der Waals surface area (Å²) in [5.74, 6) is 0.127. The maximum absolute atomic E-state index is 13.6. The van der Waals surface area contributed by atoms with E-state index in [4.69, 9.17) is 0 Å². The first-order valence-electron chi connectivity index (χ1n) is 7.21. The monoisotopic (exact) mass is 310 g/mol. The van der Waals surface area contributed by atoms with Gasteiger partial charge in [0.2, 0.25) is 5.95 Å². The number of rotatable bonds is 5. The zero-order valence-electron chi connectivity index (χ0n) is 12.3. The predicted octanol–water partition coefficient (Wildman–Crippen LogP) is 2.63. The van der Waals surface area contributed by atoms with Crippen molar-refractivity contribution >= 4 is 5.95 Å². The summed E-state index contributed by atoms with van der Waals surface area (Å²) >= 11 is 0. The molecule has 0 amide bonds. The van der Waals surface area contributed by atoms with Gasteiger partial charge in [-0.2, -0.15) is 0 Å². The molecule has 0 atom stereocenters. The summed E-state index contributed by atoms with van der Waals surface area (Å²) in [6.45, 7) is 0.462. The van der Waals surface area contributed by atoms with Crippen molar-refractivity contribution in [3.05, 3.63) is 76.6 Å². The van der Waals surface area contributed by atoms with E-state index in [9.17, 15) is 9.18 Å². The zero-order chi connectivity index (χ0) is 16.1. The number of aromatic amines is 1. The third-order valence-corrected chi connectivity index (χ3v) is 3.36. The maximum Gasteiger partial charge on any atom is 0.252 e. The van der Waals surface area contributed by atoms with Crippen LogP contribution in [0.2, 0.25) is 0 Å². The van der Waals surface area contributed by atoms with Crippen molar-refractivity contribution in [1.29, 1.82) is 0 Å². The molecular weight excluding hydrogens is 295 g/mol. The smallest absolute Gasteiger partial charge is 0.252 e. The van der Waals surface area contributed by atoms with Crippen molar-refractivity contribution in [3.8, 4) is 11.3 Å². The minimum atomic E-state index is -0.250. The van der Waals surface area contributed by atoms with E-state index in [-0.39, 0.29) is 11.4 Å². The van der Waals surface area contributed by atoms with Gasteiger partial charge in [0.15, 0.2) is 0 Å². The average Bonchev–Trinajstić information content (AvgIpc) is 2.57. The summed E-state index contributed by atoms with van der Waals surface area (Å²) in [5.41, 5.74) is 1.74. The van der Waals surface area contributed by atoms with Crippen molar-refractivity contribution in [3.63, 3.8) is 0 Å². The fourth-order valence-corrected chi connectivity index (χ4v) is 2.23. The van der Waals surface area contributed by atoms with E-state index in [0.29, 0.717) is 30.2 Å². The summed E-state index contributed by atoms with van der Waals surface area (Å²) in [5, 5.41) is 3.02. The normalized spacial score (nSPS) is 10.5. The van der Waals surface area contributed by atoms with Gasteiger partial charge >= 0.3 is 0 Å². The van der Waals surface area contributed by atoms with E-state index in [2.05, 4.69) is 20.3 Å². The van der Waals surface area contributed by atoms with E-state index >= 15 is 0 Å². The number of halogens is 1. The number of nitrogens with zero attached hydrogens (tertiary/aromatic N) is 2. The molecule has 23 heavy (non-hydrogen) atoms. The summed E-state index contributed by atoms with van der Waals surface area (Å²) in [7, 11) is 0. The third kappa shape index (κ3) is 3.79. The van der Waals surface area contributed by atoms with Crippen molar-refractivity contribution in [2.45, 2.75) is 6.42 Å². The molecule has 3 rings (SSSR count). The molecule has 116 valence electrons. The van der Waals surface area contributed by atoms with Crippen LogP contribution in [0.15, 0.2) is 59.7 Å². The number of aromatic nitrogens is 3. The molecule has 1 aromatic carbocycles. The van der Waals surface area contributed by atoms with Gasteiger partial charge in [-0.3, -0.25) is 14.8 Å². The van der Waals surface area contributed by atoms with Gasteiger partial charge in [0.25, 0.3) is 5.56 Å². The molecule has 0 saturated heterocycles. The molecule has 0 fully saturated rings. The number of hydrogen-bond acceptors (Lipinski definition) is 4. The van der Waals surface area contributed by atoms with Gasteiger partial charge in [-0.25, -0.2) is 9.37 Å². The average molecular weight is 310 g/mol. The Balaban J connectivity index is 1.72. The molecule has 3 aromatic rings. The fraction of sp³-hybridized carbons (Fsp3) is 0.118. The highest BCUT2D eigenvalue weighted by Crippen LogP contribution is 2.14. The van der Waals surface area contributed by atoms with Gasteiger partial charge in [0.1, 0.15) is 5.82 Å². The van der Waals surface area contributed by atoms with Gasteiger partial charge in [-0.15, -0.1) is 0 Å². The van der Waals surface area contributed by atoms with Gasteiger partial charge in [0.05, 0.1) is 5.69 Å². The number of benzene rings is 1. The van der Waals surface area contributed by atoms with Gasteiger partial charge in [-0.1, -0.05) is 18.2 Å². The first-order chi connectivity index (χ1) is 11.2. The van der Waals surface area contributed by atoms with E-state index in [1.807, 2.05) is 0 Å². The summed E-state index contributed by atoms with van der Waals surface area (Å²) in [6.07, 6.45) is 3.78. The quantitative estimate of drug-likeness (QED) is 0.760. The Kier molecular flexibility index (Phi) is 4.42. The van der Waals surface area contributed by atoms with Gasteiger partial charge in [-0.05, 0) is 30.2 Å². The van der Waals surface area contributed by atoms with Crippen molar-refractivity contribution < 1.29 is 4.39 Å². The molecule has 0 unspecified atom stereocenters. The summed E-state index contributed by atoms with van der Waals surface area (Å²) < 4.78 is 13.6. The largest absolute Gasteiger partial charge is 0.355 e. The number of H-pyrrole nitrogens is 1. The topological polar surface area (TPSA) is 70.7 Å². The SMILES string of the molecule is O=c1cc(-c2ccncc2)nc(NCCc2ccccc2F)[nH]1. The second-order valence-corrected chi connectivity index (χ2v) is 4.98. The molecule has 0 radical (unpaired) electrons. The molecule has 0 saturated carbocycles. The fourth-order valence-electron chi connectivity index (χ4n) is 2.23. The lowest BCUT2D eigenvalue weighted by molar-refractivity contribution is 0.610. The van der Waals surface area contributed by atoms with Crippen LogP contribution in [0.5, 0.6) is 0 Å². The van der Waals surface area contributed by atoms with Crippen LogP contribution in [-0.2, 0) is 6.42 Å². The zero-order valence-corrected chi connectivity index (χ0v) is 12.3. The Morgan fingerprint density at radius 3 is 2.70 bits per heavy atom. The molecule has 0 aliphatic heterocycles. The number of hydrogen-bond donors (Lipinski definition) is 2. The number of nitrogens with one attached hydrogen (secondary N) is 2.